The number of carbonyl (C=O) groups excluding carboxylic acids is 2. The number of hydrogen-bond acceptors (Lipinski definition) is 3. The highest BCUT2D eigenvalue weighted by molar-refractivity contribution is 5.99. The monoisotopic (exact) mass is 315 g/mol. The Labute approximate surface area is 137 Å². The van der Waals surface area contributed by atoms with Gasteiger partial charge in [0, 0.05) is 12.1 Å². The molecule has 3 N–H and O–H groups in total. The first-order valence-corrected chi connectivity index (χ1v) is 8.54. The fourth-order valence-corrected chi connectivity index (χ4v) is 3.42. The molecule has 5 nitrogen and oxygen atoms in total. The van der Waals surface area contributed by atoms with Crippen molar-refractivity contribution in [2.75, 3.05) is 18.4 Å². The van der Waals surface area contributed by atoms with Crippen molar-refractivity contribution in [3.8, 4) is 0 Å². The molecule has 1 atom stereocenters. The van der Waals surface area contributed by atoms with E-state index in [-0.39, 0.29) is 17.9 Å². The summed E-state index contributed by atoms with van der Waals surface area (Å²) < 4.78 is 0. The van der Waals surface area contributed by atoms with Crippen molar-refractivity contribution in [1.29, 1.82) is 0 Å². The molecule has 1 aromatic rings. The van der Waals surface area contributed by atoms with Crippen molar-refractivity contribution >= 4 is 17.5 Å². The van der Waals surface area contributed by atoms with Gasteiger partial charge < -0.3 is 16.0 Å². The molecule has 2 aliphatic heterocycles. The van der Waals surface area contributed by atoms with Crippen LogP contribution in [0.4, 0.5) is 5.69 Å². The molecule has 0 spiro atoms. The highest BCUT2D eigenvalue weighted by atomic mass is 16.2. The van der Waals surface area contributed by atoms with Crippen LogP contribution in [-0.4, -0.2) is 24.9 Å². The van der Waals surface area contributed by atoms with E-state index in [1.807, 2.05) is 25.1 Å². The first-order valence-electron chi connectivity index (χ1n) is 8.54. The third-order valence-corrected chi connectivity index (χ3v) is 4.87. The average Bonchev–Trinajstić information content (AvgIpc) is 2.93. The summed E-state index contributed by atoms with van der Waals surface area (Å²) in [7, 11) is 0. The van der Waals surface area contributed by atoms with Gasteiger partial charge in [0.05, 0.1) is 12.5 Å². The van der Waals surface area contributed by atoms with E-state index in [4.69, 9.17) is 0 Å². The highest BCUT2D eigenvalue weighted by Crippen LogP contribution is 2.26. The van der Waals surface area contributed by atoms with Gasteiger partial charge in [0.1, 0.15) is 0 Å². The molecule has 2 aliphatic rings. The molecule has 23 heavy (non-hydrogen) atoms. The highest BCUT2D eigenvalue weighted by Gasteiger charge is 2.20. The van der Waals surface area contributed by atoms with Crippen molar-refractivity contribution in [2.45, 2.75) is 45.1 Å². The maximum atomic E-state index is 12.2. The minimum absolute atomic E-state index is 0.0310. The summed E-state index contributed by atoms with van der Waals surface area (Å²) in [6, 6.07) is 5.89. The SMILES string of the molecule is CC(NC(=O)CCC1CCNCC1)c1ccc2c(c1)CC(=O)N2. The number of carbonyl (C=O) groups is 2. The van der Waals surface area contributed by atoms with E-state index in [1.165, 1.54) is 12.8 Å². The number of rotatable bonds is 5. The van der Waals surface area contributed by atoms with Crippen molar-refractivity contribution in [2.24, 2.45) is 5.92 Å². The van der Waals surface area contributed by atoms with Crippen LogP contribution >= 0.6 is 0 Å². The Hall–Kier alpha value is -1.88. The fraction of sp³-hybridized carbons (Fsp3) is 0.556. The molecule has 1 aromatic carbocycles. The first kappa shape index (κ1) is 16.0. The minimum Gasteiger partial charge on any atom is -0.350 e. The van der Waals surface area contributed by atoms with Crippen molar-refractivity contribution < 1.29 is 9.59 Å². The second kappa shape index (κ2) is 7.13. The van der Waals surface area contributed by atoms with E-state index in [0.717, 1.165) is 36.3 Å². The predicted molar refractivity (Wildman–Crippen MR) is 90.2 cm³/mol. The molecule has 3 rings (SSSR count). The van der Waals surface area contributed by atoms with Crippen LogP contribution < -0.4 is 16.0 Å². The third-order valence-electron chi connectivity index (χ3n) is 4.87. The number of amides is 2. The zero-order chi connectivity index (χ0) is 16.2. The molecule has 1 fully saturated rings. The summed E-state index contributed by atoms with van der Waals surface area (Å²) in [5.41, 5.74) is 2.96. The van der Waals surface area contributed by atoms with Gasteiger partial charge in [-0.05, 0) is 62.4 Å². The minimum atomic E-state index is -0.0310. The Morgan fingerprint density at radius 2 is 2.13 bits per heavy atom. The second-order valence-corrected chi connectivity index (χ2v) is 6.66. The van der Waals surface area contributed by atoms with Gasteiger partial charge in [-0.2, -0.15) is 0 Å². The molecule has 0 saturated carbocycles. The first-order chi connectivity index (χ1) is 11.1. The second-order valence-electron chi connectivity index (χ2n) is 6.66. The van der Waals surface area contributed by atoms with Gasteiger partial charge in [0.2, 0.25) is 11.8 Å². The molecular weight excluding hydrogens is 290 g/mol. The van der Waals surface area contributed by atoms with Crippen LogP contribution in [0.25, 0.3) is 0 Å². The molecule has 5 heteroatoms. The number of piperidine rings is 1. The van der Waals surface area contributed by atoms with Crippen LogP contribution in [-0.2, 0) is 16.0 Å². The molecular formula is C18H25N3O2. The molecule has 1 saturated heterocycles. The standard InChI is InChI=1S/C18H25N3O2/c1-12(14-3-4-16-15(10-14)11-18(23)21-16)20-17(22)5-2-13-6-8-19-9-7-13/h3-4,10,12-13,19H,2,5-9,11H2,1H3,(H,20,22)(H,21,23). The van der Waals surface area contributed by atoms with Gasteiger partial charge in [0.25, 0.3) is 0 Å². The van der Waals surface area contributed by atoms with Crippen molar-refractivity contribution in [3.63, 3.8) is 0 Å². The maximum absolute atomic E-state index is 12.2. The molecule has 0 radical (unpaired) electrons. The Morgan fingerprint density at radius 1 is 1.35 bits per heavy atom. The van der Waals surface area contributed by atoms with Crippen LogP contribution in [0.1, 0.15) is 49.8 Å². The van der Waals surface area contributed by atoms with E-state index < -0.39 is 0 Å². The third kappa shape index (κ3) is 4.10. The quantitative estimate of drug-likeness (QED) is 0.779. The summed E-state index contributed by atoms with van der Waals surface area (Å²) in [5.74, 6) is 0.830. The maximum Gasteiger partial charge on any atom is 0.228 e. The van der Waals surface area contributed by atoms with Gasteiger partial charge in [-0.1, -0.05) is 12.1 Å². The molecule has 0 bridgehead atoms. The number of nitrogens with one attached hydrogen (secondary N) is 3. The number of hydrogen-bond donors (Lipinski definition) is 3. The lowest BCUT2D eigenvalue weighted by molar-refractivity contribution is -0.122. The lowest BCUT2D eigenvalue weighted by Crippen LogP contribution is -2.30. The fourth-order valence-electron chi connectivity index (χ4n) is 3.42. The van der Waals surface area contributed by atoms with E-state index in [9.17, 15) is 9.59 Å². The van der Waals surface area contributed by atoms with Crippen molar-refractivity contribution in [3.05, 3.63) is 29.3 Å². The van der Waals surface area contributed by atoms with E-state index in [1.54, 1.807) is 0 Å². The number of fused-ring (bicyclic) bond motifs is 1. The number of benzene rings is 1. The normalized spacial score (nSPS) is 19.1. The zero-order valence-corrected chi connectivity index (χ0v) is 13.7. The zero-order valence-electron chi connectivity index (χ0n) is 13.7. The van der Waals surface area contributed by atoms with E-state index in [0.29, 0.717) is 18.8 Å². The van der Waals surface area contributed by atoms with Gasteiger partial charge in [-0.3, -0.25) is 9.59 Å². The molecule has 124 valence electrons. The molecule has 2 amide bonds. The summed E-state index contributed by atoms with van der Waals surface area (Å²) in [5, 5.41) is 9.26. The average molecular weight is 315 g/mol. The molecule has 1 unspecified atom stereocenters. The number of anilines is 1. The lowest BCUT2D eigenvalue weighted by Gasteiger charge is -2.22. The largest absolute Gasteiger partial charge is 0.350 e. The molecule has 2 heterocycles. The smallest absolute Gasteiger partial charge is 0.228 e. The predicted octanol–water partition coefficient (Wildman–Crippen LogP) is 2.14. The van der Waals surface area contributed by atoms with Crippen LogP contribution in [0.3, 0.4) is 0 Å². The van der Waals surface area contributed by atoms with Gasteiger partial charge in [-0.15, -0.1) is 0 Å². The van der Waals surface area contributed by atoms with E-state index in [2.05, 4.69) is 16.0 Å². The van der Waals surface area contributed by atoms with Gasteiger partial charge in [0.15, 0.2) is 0 Å². The summed E-state index contributed by atoms with van der Waals surface area (Å²) in [4.78, 5) is 23.6. The Morgan fingerprint density at radius 3 is 2.91 bits per heavy atom. The van der Waals surface area contributed by atoms with Crippen LogP contribution in [0.5, 0.6) is 0 Å². The Bertz CT molecular complexity index is 594. The van der Waals surface area contributed by atoms with Crippen LogP contribution in [0.2, 0.25) is 0 Å². The van der Waals surface area contributed by atoms with Crippen molar-refractivity contribution in [1.82, 2.24) is 10.6 Å². The van der Waals surface area contributed by atoms with E-state index >= 15 is 0 Å². The Balaban J connectivity index is 1.50. The van der Waals surface area contributed by atoms with Gasteiger partial charge in [-0.25, -0.2) is 0 Å². The van der Waals surface area contributed by atoms with Crippen LogP contribution in [0, 0.1) is 5.92 Å². The summed E-state index contributed by atoms with van der Waals surface area (Å²) in [6.07, 6.45) is 4.35. The van der Waals surface area contributed by atoms with Crippen LogP contribution in [0.15, 0.2) is 18.2 Å². The lowest BCUT2D eigenvalue weighted by atomic mass is 9.93. The molecule has 0 aromatic heterocycles. The van der Waals surface area contributed by atoms with Gasteiger partial charge >= 0.3 is 0 Å². The summed E-state index contributed by atoms with van der Waals surface area (Å²) in [6.45, 7) is 4.14. The summed E-state index contributed by atoms with van der Waals surface area (Å²) >= 11 is 0. The topological polar surface area (TPSA) is 70.2 Å². The molecule has 0 aliphatic carbocycles. The Kier molecular flexibility index (Phi) is 4.96.